The Bertz CT molecular complexity index is 604. The summed E-state index contributed by atoms with van der Waals surface area (Å²) in [5.41, 5.74) is 0.407. The van der Waals surface area contributed by atoms with E-state index in [1.807, 2.05) is 6.07 Å². The normalized spacial score (nSPS) is 17.2. The van der Waals surface area contributed by atoms with Crippen molar-refractivity contribution in [1.82, 2.24) is 15.0 Å². The monoisotopic (exact) mass is 231 g/mol. The molecule has 1 aliphatic carbocycles. The van der Waals surface area contributed by atoms with Crippen LogP contribution in [0.25, 0.3) is 10.9 Å². The highest BCUT2D eigenvalue weighted by atomic mass is 16.3. The Balaban J connectivity index is 1.99. The minimum absolute atomic E-state index is 0.185. The first-order valence-corrected chi connectivity index (χ1v) is 5.76. The van der Waals surface area contributed by atoms with Gasteiger partial charge in [0.25, 0.3) is 5.56 Å². The van der Waals surface area contributed by atoms with Crippen molar-refractivity contribution in [1.29, 1.82) is 0 Å². The Labute approximate surface area is 97.7 Å². The quantitative estimate of drug-likeness (QED) is 0.838. The Kier molecular flexibility index (Phi) is 2.40. The van der Waals surface area contributed by atoms with E-state index in [0.717, 1.165) is 12.8 Å². The summed E-state index contributed by atoms with van der Waals surface area (Å²) in [5.74, 6) is 0.329. The van der Waals surface area contributed by atoms with Gasteiger partial charge in [-0.25, -0.2) is 4.68 Å². The van der Waals surface area contributed by atoms with Crippen molar-refractivity contribution in [3.05, 3.63) is 34.6 Å². The van der Waals surface area contributed by atoms with Crippen LogP contribution < -0.4 is 5.56 Å². The lowest BCUT2D eigenvalue weighted by Gasteiger charge is -2.09. The van der Waals surface area contributed by atoms with Crippen LogP contribution in [0.3, 0.4) is 0 Å². The maximum atomic E-state index is 12.1. The van der Waals surface area contributed by atoms with Gasteiger partial charge in [0.2, 0.25) is 0 Å². The maximum absolute atomic E-state index is 12.1. The number of aromatic nitrogens is 3. The van der Waals surface area contributed by atoms with E-state index in [1.165, 1.54) is 4.68 Å². The molecule has 17 heavy (non-hydrogen) atoms. The van der Waals surface area contributed by atoms with Gasteiger partial charge in [0.05, 0.1) is 18.0 Å². The van der Waals surface area contributed by atoms with Crippen LogP contribution in [0.5, 0.6) is 0 Å². The largest absolute Gasteiger partial charge is 0.391 e. The van der Waals surface area contributed by atoms with Gasteiger partial charge in [-0.3, -0.25) is 4.79 Å². The predicted molar refractivity (Wildman–Crippen MR) is 62.5 cm³/mol. The van der Waals surface area contributed by atoms with Crippen molar-refractivity contribution < 1.29 is 5.11 Å². The highest BCUT2D eigenvalue weighted by Crippen LogP contribution is 2.32. The SMILES string of the molecule is O=c1c2ccccc2nnn1CC(O)C1CC1. The van der Waals surface area contributed by atoms with Gasteiger partial charge >= 0.3 is 0 Å². The van der Waals surface area contributed by atoms with Crippen LogP contribution in [0.1, 0.15) is 12.8 Å². The molecule has 1 atom stereocenters. The molecule has 0 spiro atoms. The van der Waals surface area contributed by atoms with E-state index in [9.17, 15) is 9.90 Å². The number of benzene rings is 1. The molecule has 1 N–H and O–H groups in total. The van der Waals surface area contributed by atoms with Crippen LogP contribution >= 0.6 is 0 Å². The summed E-state index contributed by atoms with van der Waals surface area (Å²) >= 11 is 0. The molecule has 0 bridgehead atoms. The molecule has 1 fully saturated rings. The third-order valence-electron chi connectivity index (χ3n) is 3.16. The lowest BCUT2D eigenvalue weighted by atomic mass is 10.2. The van der Waals surface area contributed by atoms with Crippen molar-refractivity contribution in [2.45, 2.75) is 25.5 Å². The van der Waals surface area contributed by atoms with Crippen molar-refractivity contribution in [2.75, 3.05) is 0 Å². The second kappa shape index (κ2) is 3.92. The highest BCUT2D eigenvalue weighted by Gasteiger charge is 2.30. The summed E-state index contributed by atoms with van der Waals surface area (Å²) in [4.78, 5) is 12.1. The minimum Gasteiger partial charge on any atom is -0.391 e. The lowest BCUT2D eigenvalue weighted by molar-refractivity contribution is 0.124. The van der Waals surface area contributed by atoms with Crippen LogP contribution in [-0.4, -0.2) is 26.2 Å². The number of aliphatic hydroxyl groups is 1. The van der Waals surface area contributed by atoms with Crippen molar-refractivity contribution >= 4 is 10.9 Å². The molecular formula is C12H13N3O2. The van der Waals surface area contributed by atoms with E-state index in [4.69, 9.17) is 0 Å². The minimum atomic E-state index is -0.483. The van der Waals surface area contributed by atoms with Crippen LogP contribution in [0.15, 0.2) is 29.1 Å². The second-order valence-corrected chi connectivity index (χ2v) is 4.50. The summed E-state index contributed by atoms with van der Waals surface area (Å²) in [5, 5.41) is 18.2. The summed E-state index contributed by atoms with van der Waals surface area (Å²) in [6.07, 6.45) is 1.59. The zero-order valence-corrected chi connectivity index (χ0v) is 9.28. The first kappa shape index (κ1) is 10.4. The topological polar surface area (TPSA) is 68.0 Å². The first-order valence-electron chi connectivity index (χ1n) is 5.76. The molecule has 1 aromatic carbocycles. The lowest BCUT2D eigenvalue weighted by Crippen LogP contribution is -2.30. The van der Waals surface area contributed by atoms with Gasteiger partial charge in [-0.15, -0.1) is 5.10 Å². The first-order chi connectivity index (χ1) is 8.25. The van der Waals surface area contributed by atoms with Gasteiger partial charge in [0, 0.05) is 0 Å². The number of aliphatic hydroxyl groups excluding tert-OH is 1. The predicted octanol–water partition coefficient (Wildman–Crippen LogP) is 0.562. The number of hydrogen-bond donors (Lipinski definition) is 1. The summed E-state index contributed by atoms with van der Waals surface area (Å²) in [6, 6.07) is 7.10. The van der Waals surface area contributed by atoms with Gasteiger partial charge in [-0.1, -0.05) is 17.3 Å². The number of rotatable bonds is 3. The van der Waals surface area contributed by atoms with E-state index in [-0.39, 0.29) is 12.1 Å². The molecule has 0 amide bonds. The molecule has 0 aliphatic heterocycles. The van der Waals surface area contributed by atoms with Crippen molar-refractivity contribution in [2.24, 2.45) is 5.92 Å². The molecule has 3 rings (SSSR count). The average molecular weight is 231 g/mol. The third kappa shape index (κ3) is 1.93. The Morgan fingerprint density at radius 3 is 2.94 bits per heavy atom. The van der Waals surface area contributed by atoms with Gasteiger partial charge < -0.3 is 5.11 Å². The zero-order valence-electron chi connectivity index (χ0n) is 9.28. The highest BCUT2D eigenvalue weighted by molar-refractivity contribution is 5.76. The molecule has 1 aromatic heterocycles. The fourth-order valence-electron chi connectivity index (χ4n) is 1.95. The van der Waals surface area contributed by atoms with Crippen LogP contribution in [0.2, 0.25) is 0 Å². The zero-order chi connectivity index (χ0) is 11.8. The molecular weight excluding hydrogens is 218 g/mol. The van der Waals surface area contributed by atoms with Crippen LogP contribution in [0.4, 0.5) is 0 Å². The second-order valence-electron chi connectivity index (χ2n) is 4.50. The van der Waals surface area contributed by atoms with Gasteiger partial charge in [0.15, 0.2) is 0 Å². The molecule has 1 heterocycles. The molecule has 1 saturated carbocycles. The Morgan fingerprint density at radius 2 is 2.18 bits per heavy atom. The molecule has 5 heteroatoms. The van der Waals surface area contributed by atoms with E-state index < -0.39 is 6.10 Å². The number of fused-ring (bicyclic) bond motifs is 1. The van der Waals surface area contributed by atoms with Gasteiger partial charge in [0.1, 0.15) is 5.52 Å². The number of hydrogen-bond acceptors (Lipinski definition) is 4. The summed E-state index contributed by atoms with van der Waals surface area (Å²) in [7, 11) is 0. The van der Waals surface area contributed by atoms with E-state index in [2.05, 4.69) is 10.3 Å². The number of nitrogens with zero attached hydrogens (tertiary/aromatic N) is 3. The third-order valence-corrected chi connectivity index (χ3v) is 3.16. The molecule has 1 aliphatic rings. The molecule has 88 valence electrons. The molecule has 0 saturated heterocycles. The van der Waals surface area contributed by atoms with Gasteiger partial charge in [-0.05, 0) is 30.9 Å². The average Bonchev–Trinajstić information content (AvgIpc) is 3.17. The smallest absolute Gasteiger partial charge is 0.277 e. The van der Waals surface area contributed by atoms with Crippen molar-refractivity contribution in [3.8, 4) is 0 Å². The molecule has 1 unspecified atom stereocenters. The standard InChI is InChI=1S/C12H13N3O2/c16-11(8-5-6-8)7-15-12(17)9-3-1-2-4-10(9)13-14-15/h1-4,8,11,16H,5-7H2. The van der Waals surface area contributed by atoms with Gasteiger partial charge in [-0.2, -0.15) is 0 Å². The molecule has 5 nitrogen and oxygen atoms in total. The molecule has 2 aromatic rings. The fourth-order valence-corrected chi connectivity index (χ4v) is 1.95. The Hall–Kier alpha value is -1.75. The maximum Gasteiger partial charge on any atom is 0.277 e. The fraction of sp³-hybridized carbons (Fsp3) is 0.417. The van der Waals surface area contributed by atoms with Crippen molar-refractivity contribution in [3.63, 3.8) is 0 Å². The van der Waals surface area contributed by atoms with E-state index >= 15 is 0 Å². The summed E-state index contributed by atoms with van der Waals surface area (Å²) in [6.45, 7) is 0.237. The van der Waals surface area contributed by atoms with Crippen LogP contribution in [-0.2, 0) is 6.54 Å². The molecule has 0 radical (unpaired) electrons. The summed E-state index contributed by atoms with van der Waals surface area (Å²) < 4.78 is 1.26. The van der Waals surface area contributed by atoms with Crippen LogP contribution in [0, 0.1) is 5.92 Å². The Morgan fingerprint density at radius 1 is 1.41 bits per heavy atom. The van der Waals surface area contributed by atoms with E-state index in [1.54, 1.807) is 18.2 Å². The van der Waals surface area contributed by atoms with E-state index in [0.29, 0.717) is 16.8 Å².